The first-order valence-electron chi connectivity index (χ1n) is 8.84. The quantitative estimate of drug-likeness (QED) is 0.855. The normalized spacial score (nSPS) is 23.1. The third-order valence-electron chi connectivity index (χ3n) is 4.93. The van der Waals surface area contributed by atoms with Gasteiger partial charge in [0.05, 0.1) is 26.3 Å². The second kappa shape index (κ2) is 7.09. The molecular formula is C18H26N4O2. The summed E-state index contributed by atoms with van der Waals surface area (Å²) in [5.41, 5.74) is 0. The van der Waals surface area contributed by atoms with Crippen LogP contribution in [0.1, 0.15) is 17.3 Å². The molecule has 2 aromatic heterocycles. The highest BCUT2D eigenvalue weighted by molar-refractivity contribution is 5.06. The van der Waals surface area contributed by atoms with E-state index in [4.69, 9.17) is 9.15 Å². The number of fused-ring (bicyclic) bond motifs is 1. The van der Waals surface area contributed by atoms with Crippen LogP contribution in [0, 0.1) is 12.8 Å². The van der Waals surface area contributed by atoms with Gasteiger partial charge in [-0.2, -0.15) is 0 Å². The zero-order valence-corrected chi connectivity index (χ0v) is 14.4. The summed E-state index contributed by atoms with van der Waals surface area (Å²) < 4.78 is 13.6. The molecule has 2 aliphatic heterocycles. The van der Waals surface area contributed by atoms with Gasteiger partial charge in [-0.15, -0.1) is 0 Å². The minimum absolute atomic E-state index is 0.592. The Morgan fingerprint density at radius 1 is 1.17 bits per heavy atom. The number of aryl methyl sites for hydroxylation is 1. The van der Waals surface area contributed by atoms with Crippen molar-refractivity contribution in [3.8, 4) is 0 Å². The van der Waals surface area contributed by atoms with Crippen LogP contribution in [0.15, 0.2) is 28.9 Å². The van der Waals surface area contributed by atoms with Gasteiger partial charge < -0.3 is 13.7 Å². The zero-order valence-electron chi connectivity index (χ0n) is 14.4. The van der Waals surface area contributed by atoms with Crippen molar-refractivity contribution in [1.29, 1.82) is 0 Å². The molecule has 0 unspecified atom stereocenters. The van der Waals surface area contributed by atoms with Gasteiger partial charge in [-0.1, -0.05) is 0 Å². The number of morpholine rings is 1. The van der Waals surface area contributed by atoms with Crippen molar-refractivity contribution >= 4 is 0 Å². The summed E-state index contributed by atoms with van der Waals surface area (Å²) in [5, 5.41) is 0. The first kappa shape index (κ1) is 15.9. The maximum atomic E-state index is 5.79. The van der Waals surface area contributed by atoms with Crippen LogP contribution < -0.4 is 0 Å². The van der Waals surface area contributed by atoms with Crippen molar-refractivity contribution in [1.82, 2.24) is 19.4 Å². The smallest absolute Gasteiger partial charge is 0.122 e. The summed E-state index contributed by atoms with van der Waals surface area (Å²) in [7, 11) is 0. The number of imidazole rings is 1. The highest BCUT2D eigenvalue weighted by Gasteiger charge is 2.25. The molecule has 0 spiro atoms. The van der Waals surface area contributed by atoms with Crippen molar-refractivity contribution in [2.75, 3.05) is 39.4 Å². The van der Waals surface area contributed by atoms with E-state index in [9.17, 15) is 0 Å². The maximum absolute atomic E-state index is 5.79. The van der Waals surface area contributed by atoms with Crippen LogP contribution in [0.25, 0.3) is 0 Å². The van der Waals surface area contributed by atoms with Gasteiger partial charge in [0.2, 0.25) is 0 Å². The second-order valence-corrected chi connectivity index (χ2v) is 6.96. The van der Waals surface area contributed by atoms with Gasteiger partial charge in [-0.05, 0) is 19.1 Å². The molecule has 0 aliphatic carbocycles. The van der Waals surface area contributed by atoms with Crippen LogP contribution in [0.5, 0.6) is 0 Å². The summed E-state index contributed by atoms with van der Waals surface area (Å²) in [4.78, 5) is 9.55. The summed E-state index contributed by atoms with van der Waals surface area (Å²) >= 11 is 0. The third kappa shape index (κ3) is 3.71. The van der Waals surface area contributed by atoms with Gasteiger partial charge >= 0.3 is 0 Å². The Bertz CT molecular complexity index is 660. The second-order valence-electron chi connectivity index (χ2n) is 6.96. The SMILES string of the molecule is Cc1ccc(CN2Cc3nccn3C[C@@H](CN3CCOCC3)C2)o1. The van der Waals surface area contributed by atoms with E-state index in [1.165, 1.54) is 0 Å². The molecule has 0 bridgehead atoms. The lowest BCUT2D eigenvalue weighted by Crippen LogP contribution is -2.42. The molecule has 0 amide bonds. The van der Waals surface area contributed by atoms with E-state index < -0.39 is 0 Å². The first-order valence-corrected chi connectivity index (χ1v) is 8.84. The standard InChI is InChI=1S/C18H26N4O2/c1-15-2-3-17(24-15)13-21-11-16(10-20-6-8-23-9-7-20)12-22-5-4-19-18(22)14-21/h2-5,16H,6-14H2,1H3/t16-/m0/s1. The lowest BCUT2D eigenvalue weighted by Gasteiger charge is -2.31. The lowest BCUT2D eigenvalue weighted by atomic mass is 10.1. The van der Waals surface area contributed by atoms with E-state index in [2.05, 4.69) is 31.6 Å². The molecule has 4 heterocycles. The molecule has 0 saturated carbocycles. The number of hydrogen-bond acceptors (Lipinski definition) is 5. The van der Waals surface area contributed by atoms with Crippen LogP contribution in [0.3, 0.4) is 0 Å². The fourth-order valence-corrected chi connectivity index (χ4v) is 3.80. The Morgan fingerprint density at radius 3 is 2.83 bits per heavy atom. The minimum atomic E-state index is 0.592. The molecule has 6 heteroatoms. The van der Waals surface area contributed by atoms with Crippen LogP contribution in [0.2, 0.25) is 0 Å². The summed E-state index contributed by atoms with van der Waals surface area (Å²) in [6.07, 6.45) is 4.03. The topological polar surface area (TPSA) is 46.7 Å². The number of hydrogen-bond donors (Lipinski definition) is 0. The van der Waals surface area contributed by atoms with Gasteiger partial charge in [-0.3, -0.25) is 9.80 Å². The molecule has 24 heavy (non-hydrogen) atoms. The van der Waals surface area contributed by atoms with E-state index >= 15 is 0 Å². The van der Waals surface area contributed by atoms with Gasteiger partial charge in [-0.25, -0.2) is 4.98 Å². The molecule has 0 aromatic carbocycles. The zero-order chi connectivity index (χ0) is 16.4. The van der Waals surface area contributed by atoms with E-state index in [-0.39, 0.29) is 0 Å². The summed E-state index contributed by atoms with van der Waals surface area (Å²) in [6.45, 7) is 10.8. The van der Waals surface area contributed by atoms with Gasteiger partial charge in [0.15, 0.2) is 0 Å². The molecule has 130 valence electrons. The summed E-state index contributed by atoms with van der Waals surface area (Å²) in [6, 6.07) is 4.13. The minimum Gasteiger partial charge on any atom is -0.465 e. The van der Waals surface area contributed by atoms with E-state index in [0.717, 1.165) is 76.4 Å². The molecule has 2 aromatic rings. The Hall–Kier alpha value is -1.63. The number of ether oxygens (including phenoxy) is 1. The summed E-state index contributed by atoms with van der Waals surface area (Å²) in [5.74, 6) is 3.76. The number of furan rings is 1. The van der Waals surface area contributed by atoms with Crippen molar-refractivity contribution in [2.45, 2.75) is 26.6 Å². The lowest BCUT2D eigenvalue weighted by molar-refractivity contribution is 0.0263. The molecule has 1 fully saturated rings. The average Bonchev–Trinajstić information content (AvgIpc) is 3.14. The third-order valence-corrected chi connectivity index (χ3v) is 4.93. The Labute approximate surface area is 143 Å². The molecular weight excluding hydrogens is 304 g/mol. The van der Waals surface area contributed by atoms with E-state index in [1.54, 1.807) is 0 Å². The van der Waals surface area contributed by atoms with Crippen molar-refractivity contribution in [2.24, 2.45) is 5.92 Å². The molecule has 1 saturated heterocycles. The van der Waals surface area contributed by atoms with E-state index in [1.807, 2.05) is 19.2 Å². The van der Waals surface area contributed by atoms with Gasteiger partial charge in [0.1, 0.15) is 17.3 Å². The molecule has 2 aliphatic rings. The first-order chi connectivity index (χ1) is 11.8. The van der Waals surface area contributed by atoms with E-state index in [0.29, 0.717) is 5.92 Å². The molecule has 0 radical (unpaired) electrons. The van der Waals surface area contributed by atoms with Crippen LogP contribution in [0.4, 0.5) is 0 Å². The van der Waals surface area contributed by atoms with Crippen molar-refractivity contribution in [3.05, 3.63) is 41.9 Å². The highest BCUT2D eigenvalue weighted by atomic mass is 16.5. The van der Waals surface area contributed by atoms with Crippen LogP contribution >= 0.6 is 0 Å². The number of nitrogens with zero attached hydrogens (tertiary/aromatic N) is 4. The Kier molecular flexibility index (Phi) is 4.69. The monoisotopic (exact) mass is 330 g/mol. The number of rotatable bonds is 4. The maximum Gasteiger partial charge on any atom is 0.122 e. The fraction of sp³-hybridized carbons (Fsp3) is 0.611. The molecule has 4 rings (SSSR count). The largest absolute Gasteiger partial charge is 0.465 e. The highest BCUT2D eigenvalue weighted by Crippen LogP contribution is 2.20. The molecule has 0 N–H and O–H groups in total. The van der Waals surface area contributed by atoms with Crippen LogP contribution in [-0.4, -0.2) is 58.7 Å². The van der Waals surface area contributed by atoms with Crippen LogP contribution in [-0.2, 0) is 24.4 Å². The number of aromatic nitrogens is 2. The molecule has 6 nitrogen and oxygen atoms in total. The fourth-order valence-electron chi connectivity index (χ4n) is 3.80. The van der Waals surface area contributed by atoms with Crippen molar-refractivity contribution in [3.63, 3.8) is 0 Å². The van der Waals surface area contributed by atoms with Crippen molar-refractivity contribution < 1.29 is 9.15 Å². The Balaban J connectivity index is 1.47. The van der Waals surface area contributed by atoms with Gasteiger partial charge in [0.25, 0.3) is 0 Å². The predicted octanol–water partition coefficient (Wildman–Crippen LogP) is 1.75. The predicted molar refractivity (Wildman–Crippen MR) is 90.5 cm³/mol. The molecule has 1 atom stereocenters. The Morgan fingerprint density at radius 2 is 2.04 bits per heavy atom. The van der Waals surface area contributed by atoms with Gasteiger partial charge in [0, 0.05) is 51.0 Å². The average molecular weight is 330 g/mol.